The van der Waals surface area contributed by atoms with E-state index >= 15 is 0 Å². The van der Waals surface area contributed by atoms with Gasteiger partial charge >= 0.3 is 6.18 Å². The van der Waals surface area contributed by atoms with Crippen LogP contribution < -0.4 is 19.7 Å². The van der Waals surface area contributed by atoms with Gasteiger partial charge in [0.05, 0.1) is 42.4 Å². The van der Waals surface area contributed by atoms with E-state index in [1.807, 2.05) is 36.9 Å². The smallest absolute Gasteiger partial charge is 0.416 e. The van der Waals surface area contributed by atoms with Crippen molar-refractivity contribution in [1.82, 2.24) is 14.9 Å². The molecule has 1 saturated heterocycles. The van der Waals surface area contributed by atoms with Crippen LogP contribution in [0.2, 0.25) is 0 Å². The molecule has 0 amide bonds. The monoisotopic (exact) mass is 615 g/mol. The summed E-state index contributed by atoms with van der Waals surface area (Å²) in [6.45, 7) is 3.70. The molecule has 0 bridgehead atoms. The average Bonchev–Trinajstić information content (AvgIpc) is 3.43. The molecule has 1 aliphatic heterocycles. The second-order valence-corrected chi connectivity index (χ2v) is 12.1. The highest BCUT2D eigenvalue weighted by molar-refractivity contribution is 7.92. The molecule has 8 nitrogen and oxygen atoms in total. The fraction of sp³-hybridized carbons (Fsp3) is 0.241. The van der Waals surface area contributed by atoms with Crippen LogP contribution in [0.3, 0.4) is 0 Å². The molecule has 0 radical (unpaired) electrons. The van der Waals surface area contributed by atoms with Crippen molar-refractivity contribution < 1.29 is 26.3 Å². The molecule has 2 aromatic carbocycles. The molecular weight excluding hydrogens is 587 g/mol. The van der Waals surface area contributed by atoms with Crippen LogP contribution in [0.15, 0.2) is 72.9 Å². The highest BCUT2D eigenvalue weighted by Crippen LogP contribution is 2.45. The molecule has 2 atom stereocenters. The third-order valence-electron chi connectivity index (χ3n) is 7.08. The first kappa shape index (κ1) is 29.4. The average molecular weight is 616 g/mol. The Kier molecular flexibility index (Phi) is 7.66. The lowest BCUT2D eigenvalue weighted by Crippen LogP contribution is -2.29. The number of aromatic nitrogens is 2. The van der Waals surface area contributed by atoms with Gasteiger partial charge in [0.15, 0.2) is 5.11 Å². The number of pyridine rings is 1. The predicted octanol–water partition coefficient (Wildman–Crippen LogP) is 6.07. The highest BCUT2D eigenvalue weighted by atomic mass is 32.2. The molecule has 42 heavy (non-hydrogen) atoms. The largest absolute Gasteiger partial charge is 0.494 e. The Morgan fingerprint density at radius 1 is 1.02 bits per heavy atom. The van der Waals surface area contributed by atoms with E-state index in [4.69, 9.17) is 17.0 Å². The van der Waals surface area contributed by atoms with Gasteiger partial charge in [-0.3, -0.25) is 9.71 Å². The number of anilines is 2. The molecule has 0 aliphatic carbocycles. The summed E-state index contributed by atoms with van der Waals surface area (Å²) < 4.78 is 74.1. The van der Waals surface area contributed by atoms with Gasteiger partial charge in [-0.05, 0) is 80.2 Å². The van der Waals surface area contributed by atoms with Gasteiger partial charge in [0.2, 0.25) is 10.0 Å². The number of hydrogen-bond donors (Lipinski definition) is 2. The molecule has 3 heterocycles. The highest BCUT2D eigenvalue weighted by Gasteiger charge is 2.42. The third kappa shape index (κ3) is 5.66. The van der Waals surface area contributed by atoms with Crippen LogP contribution in [-0.4, -0.2) is 36.4 Å². The van der Waals surface area contributed by atoms with Crippen molar-refractivity contribution in [2.45, 2.75) is 32.1 Å². The van der Waals surface area contributed by atoms with Gasteiger partial charge in [-0.25, -0.2) is 8.42 Å². The Labute approximate surface area is 247 Å². The topological polar surface area (TPSA) is 88.5 Å². The normalized spacial score (nSPS) is 17.3. The van der Waals surface area contributed by atoms with Crippen LogP contribution in [0.25, 0.3) is 5.69 Å². The summed E-state index contributed by atoms with van der Waals surface area (Å²) in [4.78, 5) is 6.45. The molecule has 0 spiro atoms. The summed E-state index contributed by atoms with van der Waals surface area (Å²) in [7, 11) is -2.13. The summed E-state index contributed by atoms with van der Waals surface area (Å²) in [6.07, 6.45) is -1.75. The first-order valence-corrected chi connectivity index (χ1v) is 15.1. The van der Waals surface area contributed by atoms with E-state index in [0.717, 1.165) is 41.0 Å². The number of rotatable bonds is 7. The lowest BCUT2D eigenvalue weighted by Gasteiger charge is -2.29. The minimum absolute atomic E-state index is 0.266. The van der Waals surface area contributed by atoms with Gasteiger partial charge in [0.1, 0.15) is 5.75 Å². The summed E-state index contributed by atoms with van der Waals surface area (Å²) in [5.74, 6) is 0.287. The summed E-state index contributed by atoms with van der Waals surface area (Å²) in [5.41, 5.74) is 3.56. The number of methoxy groups -OCH3 is 1. The standard InChI is InChI=1S/C29H28F3N5O3S2/c1-17-14-22(18(2)36(17)20-9-7-8-19(15-20)29(30,31)32)27-26(24-10-5-6-13-33-24)34-28(41)37(27)21-11-12-23(25(16-21)40-3)35-42(4,38)39/h5-16,26-27,35H,1-4H3,(H,34,41)/t26-,27+/m0/s1. The van der Waals surface area contributed by atoms with Gasteiger partial charge in [-0.2, -0.15) is 13.2 Å². The Balaban J connectivity index is 1.66. The van der Waals surface area contributed by atoms with Crippen LogP contribution in [0.4, 0.5) is 24.5 Å². The van der Waals surface area contributed by atoms with Crippen molar-refractivity contribution in [3.63, 3.8) is 0 Å². The van der Waals surface area contributed by atoms with Crippen molar-refractivity contribution in [3.8, 4) is 11.4 Å². The number of nitrogens with one attached hydrogen (secondary N) is 2. The zero-order valence-electron chi connectivity index (χ0n) is 23.1. The van der Waals surface area contributed by atoms with E-state index in [9.17, 15) is 21.6 Å². The molecule has 1 fully saturated rings. The van der Waals surface area contributed by atoms with Crippen molar-refractivity contribution in [3.05, 3.63) is 101 Å². The van der Waals surface area contributed by atoms with E-state index in [2.05, 4.69) is 15.0 Å². The van der Waals surface area contributed by atoms with Gasteiger partial charge in [0.25, 0.3) is 0 Å². The SMILES string of the molecule is COc1cc(N2C(=S)N[C@@H](c3ccccn3)[C@H]2c2cc(C)n(-c3cccc(C(F)(F)F)c3)c2C)ccc1NS(C)(=O)=O. The fourth-order valence-corrected chi connectivity index (χ4v) is 6.28. The first-order chi connectivity index (χ1) is 19.8. The van der Waals surface area contributed by atoms with E-state index in [-0.39, 0.29) is 11.4 Å². The number of alkyl halides is 3. The van der Waals surface area contributed by atoms with Crippen LogP contribution in [0.5, 0.6) is 5.75 Å². The Morgan fingerprint density at radius 3 is 2.43 bits per heavy atom. The third-order valence-corrected chi connectivity index (χ3v) is 7.98. The van der Waals surface area contributed by atoms with Crippen LogP contribution in [0, 0.1) is 13.8 Å². The Morgan fingerprint density at radius 2 is 1.79 bits per heavy atom. The predicted molar refractivity (Wildman–Crippen MR) is 160 cm³/mol. The van der Waals surface area contributed by atoms with Crippen LogP contribution in [0.1, 0.15) is 40.3 Å². The molecule has 220 valence electrons. The molecule has 2 aromatic heterocycles. The number of thiocarbonyl (C=S) groups is 1. The van der Waals surface area contributed by atoms with E-state index in [0.29, 0.717) is 16.5 Å². The summed E-state index contributed by atoms with van der Waals surface area (Å²) >= 11 is 5.81. The van der Waals surface area contributed by atoms with Gasteiger partial charge in [-0.15, -0.1) is 0 Å². The second kappa shape index (κ2) is 11.0. The molecule has 0 unspecified atom stereocenters. The number of nitrogens with zero attached hydrogens (tertiary/aromatic N) is 3. The summed E-state index contributed by atoms with van der Waals surface area (Å²) in [6, 6.07) is 16.8. The lowest BCUT2D eigenvalue weighted by atomic mass is 9.96. The van der Waals surface area contributed by atoms with Gasteiger partial charge < -0.3 is 19.5 Å². The van der Waals surface area contributed by atoms with Crippen LogP contribution >= 0.6 is 12.2 Å². The fourth-order valence-electron chi connectivity index (χ4n) is 5.37. The number of aryl methyl sites for hydroxylation is 1. The van der Waals surface area contributed by atoms with Crippen molar-refractivity contribution in [2.24, 2.45) is 0 Å². The van der Waals surface area contributed by atoms with E-state index < -0.39 is 33.8 Å². The minimum Gasteiger partial charge on any atom is -0.494 e. The first-order valence-electron chi connectivity index (χ1n) is 12.8. The molecule has 4 aromatic rings. The maximum Gasteiger partial charge on any atom is 0.416 e. The molecule has 5 rings (SSSR count). The zero-order valence-corrected chi connectivity index (χ0v) is 24.7. The van der Waals surface area contributed by atoms with Crippen molar-refractivity contribution >= 4 is 38.7 Å². The van der Waals surface area contributed by atoms with Crippen LogP contribution in [-0.2, 0) is 16.2 Å². The Hall–Kier alpha value is -4.10. The van der Waals surface area contributed by atoms with Crippen molar-refractivity contribution in [2.75, 3.05) is 23.0 Å². The van der Waals surface area contributed by atoms with Gasteiger partial charge in [-0.1, -0.05) is 12.1 Å². The number of benzene rings is 2. The zero-order chi connectivity index (χ0) is 30.4. The summed E-state index contributed by atoms with van der Waals surface area (Å²) in [5, 5.41) is 3.76. The Bertz CT molecular complexity index is 1760. The second-order valence-electron chi connectivity index (χ2n) is 9.97. The van der Waals surface area contributed by atoms with E-state index in [1.165, 1.54) is 13.2 Å². The molecule has 0 saturated carbocycles. The molecule has 1 aliphatic rings. The quantitative estimate of drug-likeness (QED) is 0.244. The lowest BCUT2D eigenvalue weighted by molar-refractivity contribution is -0.137. The molecule has 2 N–H and O–H groups in total. The number of sulfonamides is 1. The minimum atomic E-state index is -4.48. The number of ether oxygens (including phenoxy) is 1. The van der Waals surface area contributed by atoms with Gasteiger partial charge in [0, 0.05) is 35.0 Å². The maximum absolute atomic E-state index is 13.5. The maximum atomic E-state index is 13.5. The number of hydrogen-bond acceptors (Lipinski definition) is 5. The van der Waals surface area contributed by atoms with Crippen molar-refractivity contribution in [1.29, 1.82) is 0 Å². The molecule has 13 heteroatoms. The van der Waals surface area contributed by atoms with E-state index in [1.54, 1.807) is 41.1 Å². The number of halogens is 3. The molecular formula is C29H28F3N5O3S2.